The van der Waals surface area contributed by atoms with Crippen molar-refractivity contribution in [3.63, 3.8) is 0 Å². The predicted molar refractivity (Wildman–Crippen MR) is 131 cm³/mol. The fourth-order valence-electron chi connectivity index (χ4n) is 8.00. The molecule has 34 heavy (non-hydrogen) atoms. The largest absolute Gasteiger partial charge is 0.462 e. The molecule has 1 N–H and O–H groups in total. The molecule has 3 fully saturated rings. The Balaban J connectivity index is 1.27. The van der Waals surface area contributed by atoms with E-state index in [4.69, 9.17) is 4.74 Å². The van der Waals surface area contributed by atoms with E-state index in [0.29, 0.717) is 29.2 Å². The van der Waals surface area contributed by atoms with Gasteiger partial charge in [0, 0.05) is 37.9 Å². The van der Waals surface area contributed by atoms with E-state index < -0.39 is 0 Å². The number of nitrogens with zero attached hydrogens (tertiary/aromatic N) is 2. The van der Waals surface area contributed by atoms with Crippen molar-refractivity contribution in [1.82, 2.24) is 10.4 Å². The van der Waals surface area contributed by atoms with Crippen molar-refractivity contribution in [3.8, 4) is 0 Å². The third-order valence-corrected chi connectivity index (χ3v) is 9.81. The van der Waals surface area contributed by atoms with E-state index >= 15 is 0 Å². The first-order valence-corrected chi connectivity index (χ1v) is 12.9. The summed E-state index contributed by atoms with van der Waals surface area (Å²) >= 11 is 0. The molecule has 0 spiro atoms. The number of carbonyl (C=O) groups is 2. The first kappa shape index (κ1) is 23.3. The topological polar surface area (TPSA) is 80.6 Å². The standard InChI is InChI=1S/C28H37N3O3/c1-18(32)34-22-10-12-27(2)20(15-22)6-8-23-24-9-7-21(28(24,3)13-11-25(23)27)17-30-31-26(33)19-5-4-14-29-16-19/h4-6,14,16-17,21-25H,7-13,15H2,1-3H3,(H,31,33)/b30-17+/t21-,22+,23+,24+,25+,27+,28-/m1/s1. The molecule has 5 rings (SSSR count). The van der Waals surface area contributed by atoms with Gasteiger partial charge in [0.05, 0.1) is 5.56 Å². The number of hydrazone groups is 1. The minimum atomic E-state index is -0.213. The van der Waals surface area contributed by atoms with E-state index in [9.17, 15) is 9.59 Å². The van der Waals surface area contributed by atoms with E-state index in [2.05, 4.69) is 35.4 Å². The van der Waals surface area contributed by atoms with Crippen LogP contribution in [-0.4, -0.2) is 29.2 Å². The van der Waals surface area contributed by atoms with E-state index in [1.54, 1.807) is 24.5 Å². The molecule has 4 aliphatic carbocycles. The molecule has 0 saturated heterocycles. The molecule has 0 aliphatic heterocycles. The number of aromatic nitrogens is 1. The summed E-state index contributed by atoms with van der Waals surface area (Å²) < 4.78 is 5.58. The number of rotatable bonds is 4. The van der Waals surface area contributed by atoms with Crippen LogP contribution >= 0.6 is 0 Å². The Kier molecular flexibility index (Phi) is 6.11. The number of amides is 1. The van der Waals surface area contributed by atoms with Gasteiger partial charge in [0.2, 0.25) is 0 Å². The highest BCUT2D eigenvalue weighted by molar-refractivity contribution is 5.94. The molecule has 0 radical (unpaired) electrons. The number of allylic oxidation sites excluding steroid dienone is 1. The van der Waals surface area contributed by atoms with Crippen LogP contribution in [0.25, 0.3) is 0 Å². The third kappa shape index (κ3) is 3.99. The summed E-state index contributed by atoms with van der Waals surface area (Å²) in [5, 5.41) is 4.38. The van der Waals surface area contributed by atoms with Gasteiger partial charge in [0.25, 0.3) is 5.91 Å². The second-order valence-electron chi connectivity index (χ2n) is 11.4. The Bertz CT molecular complexity index is 1010. The van der Waals surface area contributed by atoms with Crippen LogP contribution in [0.1, 0.15) is 82.5 Å². The highest BCUT2D eigenvalue weighted by Gasteiger charge is 2.58. The normalized spacial score (nSPS) is 38.9. The molecule has 1 heterocycles. The van der Waals surface area contributed by atoms with Crippen LogP contribution < -0.4 is 5.43 Å². The lowest BCUT2D eigenvalue weighted by Gasteiger charge is -2.58. The van der Waals surface area contributed by atoms with Gasteiger partial charge in [-0.2, -0.15) is 5.10 Å². The molecule has 6 nitrogen and oxygen atoms in total. The number of hydrogen-bond acceptors (Lipinski definition) is 5. The predicted octanol–water partition coefficient (Wildman–Crippen LogP) is 5.31. The zero-order chi connectivity index (χ0) is 23.9. The smallest absolute Gasteiger partial charge is 0.302 e. The Labute approximate surface area is 202 Å². The quantitative estimate of drug-likeness (QED) is 0.284. The van der Waals surface area contributed by atoms with Crippen molar-refractivity contribution in [2.75, 3.05) is 0 Å². The number of hydrogen-bond donors (Lipinski definition) is 1. The molecule has 182 valence electrons. The number of fused-ring (bicyclic) bond motifs is 5. The summed E-state index contributed by atoms with van der Waals surface area (Å²) in [6, 6.07) is 3.50. The van der Waals surface area contributed by atoms with Gasteiger partial charge in [-0.25, -0.2) is 5.43 Å². The van der Waals surface area contributed by atoms with E-state index in [0.717, 1.165) is 32.1 Å². The van der Waals surface area contributed by atoms with E-state index in [1.165, 1.54) is 31.8 Å². The lowest BCUT2D eigenvalue weighted by Crippen LogP contribution is -2.50. The molecule has 1 aromatic heterocycles. The van der Waals surface area contributed by atoms with Gasteiger partial charge in [-0.15, -0.1) is 0 Å². The van der Waals surface area contributed by atoms with Gasteiger partial charge >= 0.3 is 5.97 Å². The number of ether oxygens (including phenoxy) is 1. The zero-order valence-corrected chi connectivity index (χ0v) is 20.6. The van der Waals surface area contributed by atoms with Crippen LogP contribution in [0.4, 0.5) is 0 Å². The Morgan fingerprint density at radius 3 is 2.79 bits per heavy atom. The number of nitrogens with one attached hydrogen (secondary N) is 1. The summed E-state index contributed by atoms with van der Waals surface area (Å²) in [6.07, 6.45) is 16.8. The van der Waals surface area contributed by atoms with Crippen LogP contribution in [0.2, 0.25) is 0 Å². The second kappa shape index (κ2) is 8.94. The van der Waals surface area contributed by atoms with Gasteiger partial charge in [-0.1, -0.05) is 25.5 Å². The molecule has 0 aromatic carbocycles. The summed E-state index contributed by atoms with van der Waals surface area (Å²) in [5.74, 6) is 2.13. The van der Waals surface area contributed by atoms with Gasteiger partial charge in [-0.3, -0.25) is 14.6 Å². The summed E-state index contributed by atoms with van der Waals surface area (Å²) in [6.45, 7) is 6.45. The highest BCUT2D eigenvalue weighted by atomic mass is 16.5. The van der Waals surface area contributed by atoms with Crippen molar-refractivity contribution in [2.24, 2.45) is 39.6 Å². The van der Waals surface area contributed by atoms with Gasteiger partial charge in [-0.05, 0) is 85.7 Å². The van der Waals surface area contributed by atoms with Crippen molar-refractivity contribution < 1.29 is 14.3 Å². The van der Waals surface area contributed by atoms with Crippen molar-refractivity contribution in [2.45, 2.75) is 78.2 Å². The molecule has 7 atom stereocenters. The van der Waals surface area contributed by atoms with Gasteiger partial charge < -0.3 is 4.74 Å². The monoisotopic (exact) mass is 463 g/mol. The van der Waals surface area contributed by atoms with Crippen molar-refractivity contribution >= 4 is 18.1 Å². The maximum absolute atomic E-state index is 12.3. The first-order valence-electron chi connectivity index (χ1n) is 12.9. The second-order valence-corrected chi connectivity index (χ2v) is 11.4. The first-order chi connectivity index (χ1) is 16.3. The highest BCUT2D eigenvalue weighted by Crippen LogP contribution is 2.66. The maximum atomic E-state index is 12.3. The molecule has 3 saturated carbocycles. The van der Waals surface area contributed by atoms with Crippen LogP contribution in [-0.2, 0) is 9.53 Å². The third-order valence-electron chi connectivity index (χ3n) is 9.81. The average molecular weight is 464 g/mol. The molecule has 1 amide bonds. The van der Waals surface area contributed by atoms with Gasteiger partial charge in [0.15, 0.2) is 0 Å². The van der Waals surface area contributed by atoms with E-state index in [-0.39, 0.29) is 28.8 Å². The Hall–Kier alpha value is -2.50. The van der Waals surface area contributed by atoms with Crippen LogP contribution in [0.5, 0.6) is 0 Å². The van der Waals surface area contributed by atoms with E-state index in [1.807, 2.05) is 6.21 Å². The molecular weight excluding hydrogens is 426 g/mol. The fourth-order valence-corrected chi connectivity index (χ4v) is 8.00. The van der Waals surface area contributed by atoms with Crippen LogP contribution in [0, 0.1) is 34.5 Å². The van der Waals surface area contributed by atoms with Crippen LogP contribution in [0.3, 0.4) is 0 Å². The number of carbonyl (C=O) groups excluding carboxylic acids is 2. The van der Waals surface area contributed by atoms with Crippen molar-refractivity contribution in [3.05, 3.63) is 41.7 Å². The summed E-state index contributed by atoms with van der Waals surface area (Å²) in [7, 11) is 0. The fraction of sp³-hybridized carbons (Fsp3) is 0.643. The molecular formula is C28H37N3O3. The molecule has 4 aliphatic rings. The molecule has 0 bridgehead atoms. The lowest BCUT2D eigenvalue weighted by molar-refractivity contribution is -0.148. The zero-order valence-electron chi connectivity index (χ0n) is 20.6. The minimum Gasteiger partial charge on any atom is -0.462 e. The Morgan fingerprint density at radius 1 is 1.18 bits per heavy atom. The number of esters is 1. The lowest BCUT2D eigenvalue weighted by atomic mass is 9.47. The molecule has 0 unspecified atom stereocenters. The SMILES string of the molecule is CC(=O)O[C@H]1CC[C@@]2(C)C(=CC[C@H]3[C@@H]4CC[C@H](/C=N/NC(=O)c5cccnc5)[C@@]4(C)CC[C@@H]32)C1. The van der Waals surface area contributed by atoms with Crippen molar-refractivity contribution in [1.29, 1.82) is 0 Å². The van der Waals surface area contributed by atoms with Gasteiger partial charge in [0.1, 0.15) is 6.10 Å². The minimum absolute atomic E-state index is 0.0520. The number of pyridine rings is 1. The molecule has 6 heteroatoms. The summed E-state index contributed by atoms with van der Waals surface area (Å²) in [5.41, 5.74) is 5.23. The summed E-state index contributed by atoms with van der Waals surface area (Å²) in [4.78, 5) is 27.8. The Morgan fingerprint density at radius 2 is 2.03 bits per heavy atom. The molecule has 1 aromatic rings. The maximum Gasteiger partial charge on any atom is 0.302 e. The average Bonchev–Trinajstić information content (AvgIpc) is 3.16. The van der Waals surface area contributed by atoms with Crippen LogP contribution in [0.15, 0.2) is 41.3 Å².